The van der Waals surface area contributed by atoms with Crippen molar-refractivity contribution in [3.05, 3.63) is 79.8 Å². The molecule has 0 aromatic heterocycles. The molecule has 1 aromatic carbocycles. The minimum absolute atomic E-state index is 0. The SMILES string of the molecule is C[Si](C)(C)C1=CC[C]([Zr]([CH3])(=[CH]c2ccccc2)[CH]2C=CC3=C2CCCC3)=C1.Cl.Cl. The Labute approximate surface area is 195 Å². The maximum atomic E-state index is 2.76. The maximum Gasteiger partial charge on any atom is -0.147 e. The molecule has 2 atom stereocenters. The molecule has 0 spiro atoms. The monoisotopic (exact) mass is 523 g/mol. The molecule has 29 heavy (non-hydrogen) atoms. The van der Waals surface area contributed by atoms with E-state index in [4.69, 9.17) is 0 Å². The van der Waals surface area contributed by atoms with E-state index in [1.54, 1.807) is 10.8 Å². The quantitative estimate of drug-likeness (QED) is 0.348. The van der Waals surface area contributed by atoms with Gasteiger partial charge in [-0.15, -0.1) is 24.8 Å². The number of benzene rings is 1. The van der Waals surface area contributed by atoms with E-state index < -0.39 is 27.9 Å². The Morgan fingerprint density at radius 1 is 1.00 bits per heavy atom. The topological polar surface area (TPSA) is 0 Å². The zero-order valence-corrected chi connectivity index (χ0v) is 23.3. The summed E-state index contributed by atoms with van der Waals surface area (Å²) in [6.45, 7) is 7.47. The number of hydrogen-bond acceptors (Lipinski definition) is 0. The Morgan fingerprint density at radius 3 is 2.34 bits per heavy atom. The van der Waals surface area contributed by atoms with Crippen molar-refractivity contribution in [3.63, 3.8) is 0 Å². The third-order valence-corrected chi connectivity index (χ3v) is 19.9. The third kappa shape index (κ3) is 5.15. The van der Waals surface area contributed by atoms with Crippen LogP contribution in [0.3, 0.4) is 0 Å². The van der Waals surface area contributed by atoms with E-state index in [1.165, 1.54) is 37.7 Å². The van der Waals surface area contributed by atoms with Crippen LogP contribution in [-0.2, 0) is 19.8 Å². The van der Waals surface area contributed by atoms with E-state index in [0.29, 0.717) is 0 Å². The first-order chi connectivity index (χ1) is 12.9. The van der Waals surface area contributed by atoms with Gasteiger partial charge in [-0.3, -0.25) is 0 Å². The molecule has 1 aromatic rings. The van der Waals surface area contributed by atoms with Crippen LogP contribution in [0.4, 0.5) is 0 Å². The van der Waals surface area contributed by atoms with Crippen molar-refractivity contribution < 1.29 is 19.8 Å². The van der Waals surface area contributed by atoms with E-state index >= 15 is 0 Å². The van der Waals surface area contributed by atoms with Gasteiger partial charge in [0.05, 0.1) is 0 Å². The van der Waals surface area contributed by atoms with Crippen LogP contribution in [0.5, 0.6) is 0 Å². The van der Waals surface area contributed by atoms with Crippen molar-refractivity contribution >= 4 is 36.6 Å². The zero-order chi connectivity index (χ0) is 19.1. The van der Waals surface area contributed by atoms with Gasteiger partial charge in [0, 0.05) is 0 Å². The minimum Gasteiger partial charge on any atom is -0.147 e. The Morgan fingerprint density at radius 2 is 1.69 bits per heavy atom. The second-order valence-electron chi connectivity index (χ2n) is 9.72. The molecule has 0 fully saturated rings. The predicted octanol–water partition coefficient (Wildman–Crippen LogP) is 8.20. The smallest absolute Gasteiger partial charge is 0.147 e. The average Bonchev–Trinajstić information content (AvgIpc) is 3.30. The molecule has 0 saturated heterocycles. The Balaban J connectivity index is 0.00000150. The predicted molar refractivity (Wildman–Crippen MR) is 134 cm³/mol. The summed E-state index contributed by atoms with van der Waals surface area (Å²) in [7, 11) is -1.24. The normalized spacial score (nSPS) is 22.7. The van der Waals surface area contributed by atoms with Crippen LogP contribution in [0.15, 0.2) is 74.3 Å². The molecule has 3 aliphatic carbocycles. The van der Waals surface area contributed by atoms with Gasteiger partial charge in [-0.25, -0.2) is 0 Å². The minimum atomic E-state index is -2.74. The first-order valence-electron chi connectivity index (χ1n) is 10.6. The largest absolute Gasteiger partial charge is 0.147 e. The van der Waals surface area contributed by atoms with Gasteiger partial charge in [0.2, 0.25) is 0 Å². The third-order valence-electron chi connectivity index (χ3n) is 6.76. The molecule has 0 N–H and O–H groups in total. The van der Waals surface area contributed by atoms with Gasteiger partial charge in [0.1, 0.15) is 0 Å². The van der Waals surface area contributed by atoms with Crippen molar-refractivity contribution in [1.82, 2.24) is 0 Å². The van der Waals surface area contributed by atoms with Gasteiger partial charge in [0.15, 0.2) is 0 Å². The van der Waals surface area contributed by atoms with Crippen LogP contribution in [0.25, 0.3) is 0 Å². The summed E-state index contributed by atoms with van der Waals surface area (Å²) in [5, 5.41) is 1.68. The van der Waals surface area contributed by atoms with E-state index in [-0.39, 0.29) is 24.8 Å². The molecular formula is C25H35Cl2SiZr. The summed E-state index contributed by atoms with van der Waals surface area (Å²) in [6, 6.07) is 11.2. The van der Waals surface area contributed by atoms with Gasteiger partial charge in [-0.05, 0) is 0 Å². The van der Waals surface area contributed by atoms with Gasteiger partial charge < -0.3 is 0 Å². The summed E-state index contributed by atoms with van der Waals surface area (Å²) in [6.07, 6.45) is 17.0. The molecule has 0 nitrogen and oxygen atoms in total. The first kappa shape index (κ1) is 25.0. The van der Waals surface area contributed by atoms with E-state index in [9.17, 15) is 0 Å². The molecule has 0 amide bonds. The second-order valence-corrected chi connectivity index (χ2v) is 24.9. The summed E-state index contributed by atoms with van der Waals surface area (Å²) in [5.41, 5.74) is 4.94. The van der Waals surface area contributed by atoms with Gasteiger partial charge >= 0.3 is 171 Å². The molecule has 0 aliphatic heterocycles. The number of allylic oxidation sites excluding steroid dienone is 8. The standard InChI is InChI=1S/C9H11.C8H13Si.C7H6.CH3.2ClH.Zr/c1-2-5-9-7-3-6-8(9)4-1;1-9(2,3)8-6-4-5-7-8;1-7-5-3-2-4-6-7;;;;/h3,6-7H,1-2,4-5H2;6-7H,4H2,1-3H3;1-6H;1H3;2*1H;. The summed E-state index contributed by atoms with van der Waals surface area (Å²) in [5.74, 6) is 0. The maximum absolute atomic E-state index is 2.76. The fourth-order valence-electron chi connectivity index (χ4n) is 5.09. The Hall–Kier alpha value is -0.270. The van der Waals surface area contributed by atoms with E-state index in [0.717, 1.165) is 3.63 Å². The van der Waals surface area contributed by atoms with Crippen LogP contribution in [0, 0.1) is 0 Å². The van der Waals surface area contributed by atoms with Crippen LogP contribution in [0.1, 0.15) is 37.7 Å². The summed E-state index contributed by atoms with van der Waals surface area (Å²) >= 11 is -2.74. The van der Waals surface area contributed by atoms with Crippen molar-refractivity contribution in [3.8, 4) is 0 Å². The van der Waals surface area contributed by atoms with Crippen molar-refractivity contribution in [2.45, 2.75) is 60.0 Å². The van der Waals surface area contributed by atoms with Crippen molar-refractivity contribution in [1.29, 1.82) is 0 Å². The van der Waals surface area contributed by atoms with Crippen LogP contribution in [-0.4, -0.2) is 11.8 Å². The molecule has 0 bridgehead atoms. The molecule has 0 radical (unpaired) electrons. The van der Waals surface area contributed by atoms with Crippen molar-refractivity contribution in [2.24, 2.45) is 0 Å². The van der Waals surface area contributed by atoms with Gasteiger partial charge in [0.25, 0.3) is 0 Å². The molecule has 4 rings (SSSR count). The Bertz CT molecular complexity index is 914. The molecular weight excluding hydrogens is 490 g/mol. The number of halogens is 2. The fourth-order valence-corrected chi connectivity index (χ4v) is 17.1. The molecule has 0 heterocycles. The summed E-state index contributed by atoms with van der Waals surface area (Å²) in [4.78, 5) is 0. The zero-order valence-electron chi connectivity index (χ0n) is 18.2. The fraction of sp³-hybridized carbons (Fsp3) is 0.400. The van der Waals surface area contributed by atoms with Crippen molar-refractivity contribution in [2.75, 3.05) is 0 Å². The summed E-state index contributed by atoms with van der Waals surface area (Å²) < 4.78 is 8.02. The Kier molecular flexibility index (Phi) is 8.53. The van der Waals surface area contributed by atoms with Gasteiger partial charge in [-0.1, -0.05) is 0 Å². The second kappa shape index (κ2) is 9.90. The molecule has 0 saturated carbocycles. The van der Waals surface area contributed by atoms with E-state index in [2.05, 4.69) is 82.6 Å². The van der Waals surface area contributed by atoms with Crippen LogP contribution < -0.4 is 0 Å². The molecule has 157 valence electrons. The van der Waals surface area contributed by atoms with Crippen LogP contribution >= 0.6 is 24.8 Å². The molecule has 4 heteroatoms. The molecule has 3 aliphatic rings. The number of hydrogen-bond donors (Lipinski definition) is 0. The number of rotatable bonds is 4. The molecule has 2 unspecified atom stereocenters. The van der Waals surface area contributed by atoms with Crippen LogP contribution in [0.2, 0.25) is 27.9 Å². The van der Waals surface area contributed by atoms with E-state index in [1.807, 2.05) is 8.85 Å². The average molecular weight is 526 g/mol. The first-order valence-corrected chi connectivity index (χ1v) is 20.6. The van der Waals surface area contributed by atoms with Gasteiger partial charge in [-0.2, -0.15) is 0 Å².